The fourth-order valence-electron chi connectivity index (χ4n) is 1.80. The molecule has 1 N–H and O–H groups in total. The van der Waals surface area contributed by atoms with Crippen LogP contribution in [0, 0.1) is 0 Å². The van der Waals surface area contributed by atoms with Gasteiger partial charge in [0.25, 0.3) is 0 Å². The summed E-state index contributed by atoms with van der Waals surface area (Å²) < 4.78 is 10.7. The van der Waals surface area contributed by atoms with Gasteiger partial charge in [0.1, 0.15) is 6.04 Å². The van der Waals surface area contributed by atoms with Crippen LogP contribution in [0.1, 0.15) is 46.5 Å². The van der Waals surface area contributed by atoms with Crippen LogP contribution in [-0.2, 0) is 14.3 Å². The van der Waals surface area contributed by atoms with E-state index >= 15 is 0 Å². The van der Waals surface area contributed by atoms with Crippen LogP contribution in [0.3, 0.4) is 0 Å². The molecule has 0 aromatic carbocycles. The summed E-state index contributed by atoms with van der Waals surface area (Å²) in [5.41, 5.74) is 0. The summed E-state index contributed by atoms with van der Waals surface area (Å²) in [7, 11) is 0. The summed E-state index contributed by atoms with van der Waals surface area (Å²) in [5.74, 6) is -0.168. The van der Waals surface area contributed by atoms with Gasteiger partial charge in [-0.3, -0.25) is 4.79 Å². The van der Waals surface area contributed by atoms with Crippen molar-refractivity contribution in [2.24, 2.45) is 0 Å². The summed E-state index contributed by atoms with van der Waals surface area (Å²) >= 11 is 0. The van der Waals surface area contributed by atoms with E-state index in [1.807, 2.05) is 20.8 Å². The molecule has 0 saturated heterocycles. The molecule has 0 spiro atoms. The molecule has 1 atom stereocenters. The highest BCUT2D eigenvalue weighted by atomic mass is 16.5. The average molecular weight is 243 g/mol. The van der Waals surface area contributed by atoms with Gasteiger partial charge >= 0.3 is 5.97 Å². The quantitative estimate of drug-likeness (QED) is 0.661. The standard InChI is InChI=1S/C13H25NO3/c1-4-16-13(15)12(14-10(2)3)8-9-17-11-6-5-7-11/h10-12,14H,4-9H2,1-3H3. The van der Waals surface area contributed by atoms with Gasteiger partial charge in [-0.05, 0) is 32.6 Å². The Morgan fingerprint density at radius 2 is 2.12 bits per heavy atom. The summed E-state index contributed by atoms with van der Waals surface area (Å²) in [4.78, 5) is 11.7. The van der Waals surface area contributed by atoms with Crippen molar-refractivity contribution in [3.8, 4) is 0 Å². The summed E-state index contributed by atoms with van der Waals surface area (Å²) in [6.07, 6.45) is 4.73. The maximum absolute atomic E-state index is 11.7. The van der Waals surface area contributed by atoms with Gasteiger partial charge in [0, 0.05) is 12.6 Å². The zero-order chi connectivity index (χ0) is 12.7. The second-order valence-electron chi connectivity index (χ2n) is 4.84. The van der Waals surface area contributed by atoms with Crippen LogP contribution in [0.4, 0.5) is 0 Å². The first-order valence-corrected chi connectivity index (χ1v) is 6.67. The molecule has 0 aromatic rings. The average Bonchev–Trinajstić information content (AvgIpc) is 2.19. The van der Waals surface area contributed by atoms with Crippen molar-refractivity contribution in [2.75, 3.05) is 13.2 Å². The van der Waals surface area contributed by atoms with Gasteiger partial charge < -0.3 is 14.8 Å². The van der Waals surface area contributed by atoms with E-state index in [1.165, 1.54) is 19.3 Å². The second kappa shape index (κ2) is 7.67. The van der Waals surface area contributed by atoms with E-state index in [0.29, 0.717) is 25.7 Å². The van der Waals surface area contributed by atoms with E-state index < -0.39 is 0 Å². The summed E-state index contributed by atoms with van der Waals surface area (Å²) in [5, 5.41) is 3.22. The third-order valence-corrected chi connectivity index (χ3v) is 2.92. The van der Waals surface area contributed by atoms with Gasteiger partial charge in [-0.25, -0.2) is 0 Å². The Morgan fingerprint density at radius 3 is 2.59 bits per heavy atom. The van der Waals surface area contributed by atoms with E-state index in [-0.39, 0.29) is 18.1 Å². The van der Waals surface area contributed by atoms with Crippen molar-refractivity contribution in [1.29, 1.82) is 0 Å². The summed E-state index contributed by atoms with van der Waals surface area (Å²) in [6.45, 7) is 6.94. The first-order chi connectivity index (χ1) is 8.13. The first-order valence-electron chi connectivity index (χ1n) is 6.67. The van der Waals surface area contributed by atoms with E-state index in [0.717, 1.165) is 0 Å². The van der Waals surface area contributed by atoms with Crippen molar-refractivity contribution in [3.05, 3.63) is 0 Å². The van der Waals surface area contributed by atoms with E-state index in [1.54, 1.807) is 0 Å². The van der Waals surface area contributed by atoms with Crippen LogP contribution in [0.15, 0.2) is 0 Å². The normalized spacial score (nSPS) is 17.9. The molecule has 0 amide bonds. The molecule has 100 valence electrons. The minimum absolute atomic E-state index is 0.168. The topological polar surface area (TPSA) is 47.6 Å². The molecule has 0 radical (unpaired) electrons. The van der Waals surface area contributed by atoms with Crippen LogP contribution < -0.4 is 5.32 Å². The molecule has 4 heteroatoms. The van der Waals surface area contributed by atoms with Crippen LogP contribution in [0.25, 0.3) is 0 Å². The zero-order valence-electron chi connectivity index (χ0n) is 11.2. The largest absolute Gasteiger partial charge is 0.465 e. The molecule has 1 aliphatic carbocycles. The lowest BCUT2D eigenvalue weighted by molar-refractivity contribution is -0.146. The molecule has 1 unspecified atom stereocenters. The second-order valence-corrected chi connectivity index (χ2v) is 4.84. The fourth-order valence-corrected chi connectivity index (χ4v) is 1.80. The number of nitrogens with one attached hydrogen (secondary N) is 1. The van der Waals surface area contributed by atoms with Gasteiger partial charge in [-0.15, -0.1) is 0 Å². The molecule has 1 fully saturated rings. The lowest BCUT2D eigenvalue weighted by atomic mass is 9.96. The molecule has 0 aromatic heterocycles. The van der Waals surface area contributed by atoms with Gasteiger partial charge in [-0.1, -0.05) is 13.8 Å². The lowest BCUT2D eigenvalue weighted by Crippen LogP contribution is -2.43. The molecule has 1 aliphatic rings. The van der Waals surface area contributed by atoms with Crippen LogP contribution in [0.5, 0.6) is 0 Å². The number of rotatable bonds is 8. The summed E-state index contributed by atoms with van der Waals surface area (Å²) in [6, 6.07) is 0.0307. The molecular formula is C13H25NO3. The van der Waals surface area contributed by atoms with E-state index in [9.17, 15) is 4.79 Å². The molecule has 0 aliphatic heterocycles. The van der Waals surface area contributed by atoms with Crippen molar-refractivity contribution in [2.45, 2.75) is 64.6 Å². The Labute approximate surface area is 104 Å². The predicted molar refractivity (Wildman–Crippen MR) is 66.9 cm³/mol. The first kappa shape index (κ1) is 14.5. The monoisotopic (exact) mass is 243 g/mol. The van der Waals surface area contributed by atoms with Crippen molar-refractivity contribution >= 4 is 5.97 Å². The van der Waals surface area contributed by atoms with Gasteiger partial charge in [-0.2, -0.15) is 0 Å². The lowest BCUT2D eigenvalue weighted by Gasteiger charge is -2.27. The maximum atomic E-state index is 11.7. The number of carbonyl (C=O) groups excluding carboxylic acids is 1. The van der Waals surface area contributed by atoms with Crippen molar-refractivity contribution in [1.82, 2.24) is 5.32 Å². The molecule has 0 heterocycles. The minimum Gasteiger partial charge on any atom is -0.465 e. The Kier molecular flexibility index (Phi) is 6.52. The molecular weight excluding hydrogens is 218 g/mol. The van der Waals surface area contributed by atoms with Crippen molar-refractivity contribution in [3.63, 3.8) is 0 Å². The van der Waals surface area contributed by atoms with Crippen LogP contribution >= 0.6 is 0 Å². The Hall–Kier alpha value is -0.610. The minimum atomic E-state index is -0.241. The van der Waals surface area contributed by atoms with Gasteiger partial charge in [0.2, 0.25) is 0 Å². The fraction of sp³-hybridized carbons (Fsp3) is 0.923. The highest BCUT2D eigenvalue weighted by Crippen LogP contribution is 2.22. The van der Waals surface area contributed by atoms with Crippen molar-refractivity contribution < 1.29 is 14.3 Å². The maximum Gasteiger partial charge on any atom is 0.323 e. The van der Waals surface area contributed by atoms with Crippen LogP contribution in [-0.4, -0.2) is 37.4 Å². The molecule has 0 bridgehead atoms. The highest BCUT2D eigenvalue weighted by Gasteiger charge is 2.22. The van der Waals surface area contributed by atoms with E-state index in [4.69, 9.17) is 9.47 Å². The van der Waals surface area contributed by atoms with Gasteiger partial charge in [0.15, 0.2) is 0 Å². The Bertz CT molecular complexity index is 227. The SMILES string of the molecule is CCOC(=O)C(CCOC1CCC1)NC(C)C. The smallest absolute Gasteiger partial charge is 0.323 e. The Morgan fingerprint density at radius 1 is 1.41 bits per heavy atom. The molecule has 17 heavy (non-hydrogen) atoms. The van der Waals surface area contributed by atoms with Gasteiger partial charge in [0.05, 0.1) is 12.7 Å². The highest BCUT2D eigenvalue weighted by molar-refractivity contribution is 5.75. The zero-order valence-corrected chi connectivity index (χ0v) is 11.2. The Balaban J connectivity index is 2.25. The number of hydrogen-bond acceptors (Lipinski definition) is 4. The molecule has 4 nitrogen and oxygen atoms in total. The molecule has 1 rings (SSSR count). The van der Waals surface area contributed by atoms with Crippen LogP contribution in [0.2, 0.25) is 0 Å². The number of ether oxygens (including phenoxy) is 2. The predicted octanol–water partition coefficient (Wildman–Crippen LogP) is 1.88. The molecule has 1 saturated carbocycles. The third kappa shape index (κ3) is 5.50. The number of hydrogen-bond donors (Lipinski definition) is 1. The number of carbonyl (C=O) groups is 1. The third-order valence-electron chi connectivity index (χ3n) is 2.92. The van der Waals surface area contributed by atoms with E-state index in [2.05, 4.69) is 5.32 Å². The number of esters is 1.